The molecule has 0 fully saturated rings. The molecule has 0 aliphatic rings. The molecule has 3 N–H and O–H groups in total. The van der Waals surface area contributed by atoms with Gasteiger partial charge in [0.2, 0.25) is 0 Å². The number of hydrogen-bond acceptors (Lipinski definition) is 3. The zero-order chi connectivity index (χ0) is 16.1. The molecule has 1 amide bonds. The van der Waals surface area contributed by atoms with E-state index in [4.69, 9.17) is 4.74 Å². The van der Waals surface area contributed by atoms with Crippen LogP contribution in [0, 0.1) is 0 Å². The first-order chi connectivity index (χ1) is 11.2. The van der Waals surface area contributed by atoms with Gasteiger partial charge in [-0.05, 0) is 36.2 Å². The van der Waals surface area contributed by atoms with E-state index in [1.807, 2.05) is 42.6 Å². The number of phenolic OH excluding ortho intramolecular Hbond substituents is 1. The van der Waals surface area contributed by atoms with Crippen LogP contribution < -0.4 is 10.1 Å². The van der Waals surface area contributed by atoms with Crippen molar-refractivity contribution in [2.24, 2.45) is 0 Å². The maximum atomic E-state index is 11.8. The molecule has 3 rings (SSSR count). The second-order valence-corrected chi connectivity index (χ2v) is 5.25. The summed E-state index contributed by atoms with van der Waals surface area (Å²) in [5.74, 6) is 0.766. The number of rotatable bonds is 6. The number of para-hydroxylation sites is 1. The molecule has 0 radical (unpaired) electrons. The van der Waals surface area contributed by atoms with E-state index in [0.717, 1.165) is 16.5 Å². The normalized spacial score (nSPS) is 10.6. The zero-order valence-electron chi connectivity index (χ0n) is 12.6. The number of phenols is 1. The van der Waals surface area contributed by atoms with Crippen molar-refractivity contribution in [3.8, 4) is 11.5 Å². The van der Waals surface area contributed by atoms with E-state index in [1.165, 1.54) is 0 Å². The van der Waals surface area contributed by atoms with Gasteiger partial charge in [-0.3, -0.25) is 4.79 Å². The lowest BCUT2D eigenvalue weighted by Gasteiger charge is -2.07. The fourth-order valence-corrected chi connectivity index (χ4v) is 2.43. The van der Waals surface area contributed by atoms with Gasteiger partial charge in [-0.25, -0.2) is 0 Å². The topological polar surface area (TPSA) is 74.3 Å². The summed E-state index contributed by atoms with van der Waals surface area (Å²) in [7, 11) is 0. The molecule has 23 heavy (non-hydrogen) atoms. The van der Waals surface area contributed by atoms with Crippen LogP contribution in [0.25, 0.3) is 10.9 Å². The summed E-state index contributed by atoms with van der Waals surface area (Å²) < 4.78 is 5.39. The number of benzene rings is 2. The Labute approximate surface area is 133 Å². The van der Waals surface area contributed by atoms with Crippen LogP contribution in [0.4, 0.5) is 0 Å². The Morgan fingerprint density at radius 3 is 2.83 bits per heavy atom. The van der Waals surface area contributed by atoms with Crippen molar-refractivity contribution < 1.29 is 14.6 Å². The van der Waals surface area contributed by atoms with Crippen molar-refractivity contribution in [3.05, 3.63) is 60.3 Å². The number of amides is 1. The summed E-state index contributed by atoms with van der Waals surface area (Å²) in [5, 5.41) is 13.3. The molecule has 5 heteroatoms. The molecule has 0 atom stereocenters. The molecule has 5 nitrogen and oxygen atoms in total. The molecule has 0 aliphatic carbocycles. The first-order valence-corrected chi connectivity index (χ1v) is 7.46. The maximum absolute atomic E-state index is 11.8. The number of aromatic hydroxyl groups is 1. The third kappa shape index (κ3) is 3.83. The molecule has 0 saturated carbocycles. The van der Waals surface area contributed by atoms with Gasteiger partial charge in [-0.15, -0.1) is 0 Å². The number of nitrogens with one attached hydrogen (secondary N) is 2. The van der Waals surface area contributed by atoms with Gasteiger partial charge >= 0.3 is 0 Å². The predicted octanol–water partition coefficient (Wildman–Crippen LogP) is 2.61. The van der Waals surface area contributed by atoms with Crippen LogP contribution in [0.1, 0.15) is 5.56 Å². The molecule has 0 unspecified atom stereocenters. The van der Waals surface area contributed by atoms with E-state index < -0.39 is 0 Å². The molecule has 0 spiro atoms. The van der Waals surface area contributed by atoms with Crippen molar-refractivity contribution >= 4 is 16.8 Å². The van der Waals surface area contributed by atoms with Crippen LogP contribution in [0.5, 0.6) is 11.5 Å². The van der Waals surface area contributed by atoms with Crippen molar-refractivity contribution in [2.75, 3.05) is 13.2 Å². The Hall–Kier alpha value is -2.95. The summed E-state index contributed by atoms with van der Waals surface area (Å²) in [6, 6.07) is 14.5. The first kappa shape index (κ1) is 15.0. The number of fused-ring (bicyclic) bond motifs is 1. The van der Waals surface area contributed by atoms with Crippen LogP contribution in [0.3, 0.4) is 0 Å². The number of hydrogen-bond donors (Lipinski definition) is 3. The average Bonchev–Trinajstić information content (AvgIpc) is 2.96. The minimum absolute atomic E-state index is 0.00572. The van der Waals surface area contributed by atoms with Gasteiger partial charge in [0.25, 0.3) is 5.91 Å². The van der Waals surface area contributed by atoms with Crippen molar-refractivity contribution in [1.82, 2.24) is 10.3 Å². The van der Waals surface area contributed by atoms with Gasteiger partial charge < -0.3 is 20.1 Å². The van der Waals surface area contributed by atoms with Crippen LogP contribution >= 0.6 is 0 Å². The van der Waals surface area contributed by atoms with E-state index in [1.54, 1.807) is 12.1 Å². The lowest BCUT2D eigenvalue weighted by molar-refractivity contribution is -0.123. The summed E-state index contributed by atoms with van der Waals surface area (Å²) in [6.07, 6.45) is 2.61. The number of aromatic nitrogens is 1. The summed E-state index contributed by atoms with van der Waals surface area (Å²) in [6.45, 7) is 0.538. The summed E-state index contributed by atoms with van der Waals surface area (Å²) >= 11 is 0. The predicted molar refractivity (Wildman–Crippen MR) is 88.6 cm³/mol. The maximum Gasteiger partial charge on any atom is 0.257 e. The smallest absolute Gasteiger partial charge is 0.257 e. The van der Waals surface area contributed by atoms with Gasteiger partial charge in [-0.1, -0.05) is 18.2 Å². The highest BCUT2D eigenvalue weighted by atomic mass is 16.5. The monoisotopic (exact) mass is 310 g/mol. The molecule has 1 aromatic heterocycles. The average molecular weight is 310 g/mol. The molecule has 0 aliphatic heterocycles. The molecular weight excluding hydrogens is 292 g/mol. The summed E-state index contributed by atoms with van der Waals surface area (Å²) in [4.78, 5) is 14.9. The number of H-pyrrole nitrogens is 1. The fourth-order valence-electron chi connectivity index (χ4n) is 2.43. The van der Waals surface area contributed by atoms with Gasteiger partial charge in [0.1, 0.15) is 11.5 Å². The van der Waals surface area contributed by atoms with Crippen molar-refractivity contribution in [1.29, 1.82) is 0 Å². The van der Waals surface area contributed by atoms with Crippen LogP contribution in [0.15, 0.2) is 54.7 Å². The van der Waals surface area contributed by atoms with Gasteiger partial charge in [-0.2, -0.15) is 0 Å². The quantitative estimate of drug-likeness (QED) is 0.655. The lowest BCUT2D eigenvalue weighted by atomic mass is 10.1. The molecular formula is C18H18N2O3. The van der Waals surface area contributed by atoms with Crippen molar-refractivity contribution in [2.45, 2.75) is 6.42 Å². The molecule has 118 valence electrons. The van der Waals surface area contributed by atoms with Crippen molar-refractivity contribution in [3.63, 3.8) is 0 Å². The summed E-state index contributed by atoms with van der Waals surface area (Å²) in [5.41, 5.74) is 1.99. The van der Waals surface area contributed by atoms with E-state index in [-0.39, 0.29) is 18.3 Å². The number of carbonyl (C=O) groups is 1. The third-order valence-corrected chi connectivity index (χ3v) is 3.58. The highest BCUT2D eigenvalue weighted by Gasteiger charge is 2.06. The standard InChI is InChI=1S/C18H18N2O3/c21-14-6-7-16-13(11-20-17(16)10-14)8-9-19-18(22)12-23-15-4-2-1-3-5-15/h1-7,10-11,20-21H,8-9,12H2,(H,19,22). The number of carbonyl (C=O) groups excluding carboxylic acids is 1. The molecule has 3 aromatic rings. The van der Waals surface area contributed by atoms with Crippen LogP contribution in [-0.4, -0.2) is 29.1 Å². The fraction of sp³-hybridized carbons (Fsp3) is 0.167. The molecule has 0 bridgehead atoms. The second-order valence-electron chi connectivity index (χ2n) is 5.25. The third-order valence-electron chi connectivity index (χ3n) is 3.58. The van der Waals surface area contributed by atoms with Crippen LogP contribution in [-0.2, 0) is 11.2 Å². The Morgan fingerprint density at radius 1 is 1.17 bits per heavy atom. The molecule has 2 aromatic carbocycles. The minimum atomic E-state index is -0.147. The minimum Gasteiger partial charge on any atom is -0.508 e. The Bertz CT molecular complexity index is 796. The Morgan fingerprint density at radius 2 is 2.00 bits per heavy atom. The van der Waals surface area contributed by atoms with E-state index >= 15 is 0 Å². The van der Waals surface area contributed by atoms with E-state index in [0.29, 0.717) is 18.7 Å². The zero-order valence-corrected chi connectivity index (χ0v) is 12.6. The van der Waals surface area contributed by atoms with Crippen LogP contribution in [0.2, 0.25) is 0 Å². The Kier molecular flexibility index (Phi) is 4.47. The largest absolute Gasteiger partial charge is 0.508 e. The highest BCUT2D eigenvalue weighted by Crippen LogP contribution is 2.22. The van der Waals surface area contributed by atoms with Gasteiger partial charge in [0.05, 0.1) is 0 Å². The van der Waals surface area contributed by atoms with E-state index in [9.17, 15) is 9.90 Å². The SMILES string of the molecule is O=C(COc1ccccc1)NCCc1c[nH]c2cc(O)ccc12. The van der Waals surface area contributed by atoms with E-state index in [2.05, 4.69) is 10.3 Å². The lowest BCUT2D eigenvalue weighted by Crippen LogP contribution is -2.30. The van der Waals surface area contributed by atoms with Gasteiger partial charge in [0.15, 0.2) is 6.61 Å². The molecule has 1 heterocycles. The molecule has 0 saturated heterocycles. The number of aromatic amines is 1. The number of ether oxygens (including phenoxy) is 1. The Balaban J connectivity index is 1.47. The highest BCUT2D eigenvalue weighted by molar-refractivity contribution is 5.84. The van der Waals surface area contributed by atoms with Gasteiger partial charge in [0, 0.05) is 29.7 Å². The second kappa shape index (κ2) is 6.87. The first-order valence-electron chi connectivity index (χ1n) is 7.46.